The van der Waals surface area contributed by atoms with Crippen molar-refractivity contribution >= 4 is 32.9 Å². The van der Waals surface area contributed by atoms with Gasteiger partial charge in [0.15, 0.2) is 0 Å². The van der Waals surface area contributed by atoms with Crippen LogP contribution in [0.15, 0.2) is 22.9 Å². The molecule has 0 aliphatic heterocycles. The van der Waals surface area contributed by atoms with Gasteiger partial charge in [0.2, 0.25) is 5.88 Å². The third-order valence-electron chi connectivity index (χ3n) is 4.41. The molecule has 3 rings (SSSR count). The van der Waals surface area contributed by atoms with Crippen LogP contribution in [0.5, 0.6) is 11.6 Å². The van der Waals surface area contributed by atoms with E-state index in [1.807, 2.05) is 33.8 Å². The number of nitrogens with zero attached hydrogens (tertiary/aromatic N) is 4. The highest BCUT2D eigenvalue weighted by Gasteiger charge is 2.20. The molecule has 0 aliphatic carbocycles. The third kappa shape index (κ3) is 5.43. The lowest BCUT2D eigenvalue weighted by molar-refractivity contribution is 0.0278. The first kappa shape index (κ1) is 22.8. The number of H-pyrrole nitrogens is 1. The number of rotatable bonds is 6. The molecule has 9 nitrogen and oxygen atoms in total. The average molecular weight is 492 g/mol. The maximum atomic E-state index is 12.1. The van der Waals surface area contributed by atoms with E-state index in [2.05, 4.69) is 31.1 Å². The number of pyridine rings is 2. The van der Waals surface area contributed by atoms with Crippen LogP contribution < -0.4 is 9.47 Å². The van der Waals surface area contributed by atoms with Crippen molar-refractivity contribution < 1.29 is 19.0 Å². The molecular formula is C21H26BrN5O4. The topological polar surface area (TPSA) is 102 Å². The Morgan fingerprint density at radius 3 is 2.71 bits per heavy atom. The van der Waals surface area contributed by atoms with Crippen LogP contribution in [0.2, 0.25) is 0 Å². The summed E-state index contributed by atoms with van der Waals surface area (Å²) in [5.41, 5.74) is 2.53. The smallest absolute Gasteiger partial charge is 0.410 e. The van der Waals surface area contributed by atoms with E-state index in [1.165, 1.54) is 4.90 Å². The van der Waals surface area contributed by atoms with E-state index < -0.39 is 11.7 Å². The van der Waals surface area contributed by atoms with Crippen LogP contribution in [0.25, 0.3) is 22.2 Å². The second-order valence-electron chi connectivity index (χ2n) is 8.00. The molecule has 0 atom stereocenters. The number of likely N-dealkylation sites (N-methyl/N-ethyl adjacent to an activating group) is 1. The number of amides is 1. The minimum Gasteiger partial charge on any atom is -0.489 e. The third-order valence-corrected chi connectivity index (χ3v) is 5.01. The van der Waals surface area contributed by atoms with Gasteiger partial charge >= 0.3 is 6.09 Å². The number of halogens is 1. The number of ether oxygens (including phenoxy) is 3. The van der Waals surface area contributed by atoms with Crippen molar-refractivity contribution in [3.8, 4) is 22.9 Å². The highest BCUT2D eigenvalue weighted by atomic mass is 79.9. The van der Waals surface area contributed by atoms with E-state index in [1.54, 1.807) is 26.4 Å². The van der Waals surface area contributed by atoms with E-state index in [-0.39, 0.29) is 6.61 Å². The van der Waals surface area contributed by atoms with Crippen LogP contribution >= 0.6 is 15.9 Å². The summed E-state index contributed by atoms with van der Waals surface area (Å²) in [7, 11) is 3.22. The quantitative estimate of drug-likeness (QED) is 0.546. The fourth-order valence-corrected chi connectivity index (χ4v) is 3.26. The van der Waals surface area contributed by atoms with Crippen molar-refractivity contribution in [2.45, 2.75) is 33.3 Å². The van der Waals surface area contributed by atoms with Crippen molar-refractivity contribution in [3.05, 3.63) is 28.6 Å². The van der Waals surface area contributed by atoms with Gasteiger partial charge in [0.05, 0.1) is 36.8 Å². The first-order valence-electron chi connectivity index (χ1n) is 9.71. The lowest BCUT2D eigenvalue weighted by Gasteiger charge is -2.24. The van der Waals surface area contributed by atoms with Gasteiger partial charge in [-0.05, 0) is 49.7 Å². The van der Waals surface area contributed by atoms with Crippen LogP contribution in [-0.2, 0) is 4.74 Å². The zero-order valence-corrected chi connectivity index (χ0v) is 20.0. The van der Waals surface area contributed by atoms with E-state index in [0.717, 1.165) is 22.2 Å². The highest BCUT2D eigenvalue weighted by Crippen LogP contribution is 2.34. The molecule has 1 N–H and O–H groups in total. The molecule has 0 radical (unpaired) electrons. The molecular weight excluding hydrogens is 466 g/mol. The van der Waals surface area contributed by atoms with Crippen molar-refractivity contribution in [1.82, 2.24) is 25.1 Å². The number of hydrogen-bond donors (Lipinski definition) is 1. The molecule has 0 aromatic carbocycles. The molecule has 0 unspecified atom stereocenters. The molecule has 1 amide bonds. The predicted octanol–water partition coefficient (Wildman–Crippen LogP) is 4.35. The second kappa shape index (κ2) is 9.09. The Bertz CT molecular complexity index is 1090. The Morgan fingerprint density at radius 2 is 2.03 bits per heavy atom. The van der Waals surface area contributed by atoms with Gasteiger partial charge < -0.3 is 19.1 Å². The predicted molar refractivity (Wildman–Crippen MR) is 120 cm³/mol. The molecule has 3 heterocycles. The molecule has 10 heteroatoms. The normalized spacial score (nSPS) is 11.5. The Kier molecular flexibility index (Phi) is 6.68. The van der Waals surface area contributed by atoms with Crippen LogP contribution in [0.4, 0.5) is 4.79 Å². The van der Waals surface area contributed by atoms with E-state index in [9.17, 15) is 4.79 Å². The van der Waals surface area contributed by atoms with E-state index in [0.29, 0.717) is 28.5 Å². The molecule has 0 fully saturated rings. The number of nitrogens with one attached hydrogen (secondary N) is 1. The summed E-state index contributed by atoms with van der Waals surface area (Å²) in [6.07, 6.45) is 1.18. The minimum atomic E-state index is -0.553. The van der Waals surface area contributed by atoms with Gasteiger partial charge in [0.25, 0.3) is 0 Å². The summed E-state index contributed by atoms with van der Waals surface area (Å²) in [6, 6.07) is 3.69. The summed E-state index contributed by atoms with van der Waals surface area (Å²) in [6.45, 7) is 8.00. The molecule has 3 aromatic rings. The number of fused-ring (bicyclic) bond motifs is 1. The fraction of sp³-hybridized carbons (Fsp3) is 0.429. The van der Waals surface area contributed by atoms with Crippen LogP contribution in [0, 0.1) is 6.92 Å². The second-order valence-corrected chi connectivity index (χ2v) is 8.75. The monoisotopic (exact) mass is 491 g/mol. The molecule has 0 aliphatic rings. The molecule has 31 heavy (non-hydrogen) atoms. The van der Waals surface area contributed by atoms with E-state index >= 15 is 0 Å². The van der Waals surface area contributed by atoms with E-state index in [4.69, 9.17) is 19.2 Å². The molecule has 0 bridgehead atoms. The Morgan fingerprint density at radius 1 is 1.29 bits per heavy atom. The molecule has 166 valence electrons. The van der Waals surface area contributed by atoms with Crippen LogP contribution in [-0.4, -0.2) is 64.1 Å². The first-order chi connectivity index (χ1) is 14.6. The summed E-state index contributed by atoms with van der Waals surface area (Å²) in [5.74, 6) is 0.975. The number of aromatic nitrogens is 4. The van der Waals surface area contributed by atoms with Gasteiger partial charge in [0.1, 0.15) is 22.6 Å². The van der Waals surface area contributed by atoms with Crippen molar-refractivity contribution in [2.24, 2.45) is 0 Å². The van der Waals surface area contributed by atoms with Crippen molar-refractivity contribution in [2.75, 3.05) is 27.3 Å². The average Bonchev–Trinajstić information content (AvgIpc) is 3.08. The number of hydrogen-bond acceptors (Lipinski definition) is 7. The summed E-state index contributed by atoms with van der Waals surface area (Å²) >= 11 is 3.46. The zero-order chi connectivity index (χ0) is 22.8. The molecule has 0 saturated carbocycles. The van der Waals surface area contributed by atoms with Gasteiger partial charge in [-0.2, -0.15) is 5.10 Å². The lowest BCUT2D eigenvalue weighted by Crippen LogP contribution is -2.36. The van der Waals surface area contributed by atoms with Crippen molar-refractivity contribution in [3.63, 3.8) is 0 Å². The van der Waals surface area contributed by atoms with Crippen LogP contribution in [0.3, 0.4) is 0 Å². The summed E-state index contributed by atoms with van der Waals surface area (Å²) in [5, 5.41) is 8.07. The Hall–Kier alpha value is -2.88. The highest BCUT2D eigenvalue weighted by molar-refractivity contribution is 9.10. The number of aryl methyl sites for hydroxylation is 1. The van der Waals surface area contributed by atoms with Gasteiger partial charge in [-0.1, -0.05) is 0 Å². The van der Waals surface area contributed by atoms with Gasteiger partial charge in [0, 0.05) is 24.1 Å². The Balaban J connectivity index is 1.83. The molecule has 0 saturated heterocycles. The zero-order valence-electron chi connectivity index (χ0n) is 18.4. The first-order valence-corrected chi connectivity index (χ1v) is 10.5. The van der Waals surface area contributed by atoms with Crippen LogP contribution in [0.1, 0.15) is 26.5 Å². The number of methoxy groups -OCH3 is 1. The largest absolute Gasteiger partial charge is 0.489 e. The number of carbonyl (C=O) groups excluding carboxylic acids is 1. The van der Waals surface area contributed by atoms with Gasteiger partial charge in [-0.25, -0.2) is 9.78 Å². The lowest BCUT2D eigenvalue weighted by atomic mass is 10.1. The summed E-state index contributed by atoms with van der Waals surface area (Å²) < 4.78 is 17.3. The van der Waals surface area contributed by atoms with Crippen molar-refractivity contribution in [1.29, 1.82) is 0 Å². The fourth-order valence-electron chi connectivity index (χ4n) is 2.85. The maximum Gasteiger partial charge on any atom is 0.410 e. The number of carbonyl (C=O) groups is 1. The van der Waals surface area contributed by atoms with Gasteiger partial charge in [-0.15, -0.1) is 0 Å². The van der Waals surface area contributed by atoms with Gasteiger partial charge in [-0.3, -0.25) is 10.1 Å². The minimum absolute atomic E-state index is 0.257. The molecule has 0 spiro atoms. The number of aromatic amines is 1. The standard InChI is InChI=1S/C21H26BrN5O4/c1-12-18-14(19(22)26-25-18)9-15(24-12)13-10-17(29-6)23-11-16(13)30-8-7-27(5)20(28)31-21(2,3)4/h9-11H,7-8H2,1-6H3,(H,25,26). The summed E-state index contributed by atoms with van der Waals surface area (Å²) in [4.78, 5) is 22.6. The molecule has 3 aromatic heterocycles. The Labute approximate surface area is 189 Å². The SMILES string of the molecule is COc1cc(-c2cc3c(Br)n[nH]c3c(C)n2)c(OCCN(C)C(=O)OC(C)(C)C)cn1. The maximum absolute atomic E-state index is 12.1.